The molecule has 7 heteroatoms. The van der Waals surface area contributed by atoms with Gasteiger partial charge in [-0.2, -0.15) is 8.75 Å². The van der Waals surface area contributed by atoms with Crippen molar-refractivity contribution in [3.8, 4) is 95.0 Å². The molecule has 0 aliphatic carbocycles. The van der Waals surface area contributed by atoms with Gasteiger partial charge in [-0.05, 0) is 194 Å². The Bertz CT molecular complexity index is 6260. The smallest absolute Gasteiger partial charge is 0.129 e. The van der Waals surface area contributed by atoms with Crippen molar-refractivity contribution in [1.82, 2.24) is 22.4 Å². The fraction of sp³-hybridized carbons (Fsp3) is 0. The fourth-order valence-corrected chi connectivity index (χ4v) is 16.3. The first-order valence-corrected chi connectivity index (χ1v) is 35.7. The quantitative estimate of drug-likeness (QED) is 0.116. The van der Waals surface area contributed by atoms with Crippen LogP contribution in [0.5, 0.6) is 0 Å². The average molecular weight is 1330 g/mol. The minimum absolute atomic E-state index is 0.864. The first kappa shape index (κ1) is 59.6. The summed E-state index contributed by atoms with van der Waals surface area (Å²) in [4.78, 5) is 2.27. The van der Waals surface area contributed by atoms with Gasteiger partial charge in [0.2, 0.25) is 0 Å². The van der Waals surface area contributed by atoms with Crippen LogP contribution in [0.3, 0.4) is 0 Å². The molecule has 0 aliphatic rings. The molecule has 0 saturated carbocycles. The van der Waals surface area contributed by atoms with Gasteiger partial charge in [-0.1, -0.05) is 255 Å². The van der Waals surface area contributed by atoms with E-state index in [4.69, 9.17) is 8.75 Å². The van der Waals surface area contributed by atoms with E-state index in [0.717, 1.165) is 101 Å². The van der Waals surface area contributed by atoms with Gasteiger partial charge in [-0.15, -0.1) is 0 Å². The number of nitrogens with zero attached hydrogens (tertiary/aromatic N) is 6. The molecular weight excluding hydrogens is 1270 g/mol. The zero-order valence-electron chi connectivity index (χ0n) is 55.9. The molecular formula is C96H62N6S. The van der Waals surface area contributed by atoms with Crippen molar-refractivity contribution in [2.45, 2.75) is 0 Å². The molecule has 0 N–H and O–H groups in total. The summed E-state index contributed by atoms with van der Waals surface area (Å²) in [5.41, 5.74) is 31.4. The third-order valence-corrected chi connectivity index (χ3v) is 21.3. The molecule has 0 saturated heterocycles. The lowest BCUT2D eigenvalue weighted by atomic mass is 9.97. The van der Waals surface area contributed by atoms with Crippen molar-refractivity contribution in [3.05, 3.63) is 376 Å². The van der Waals surface area contributed by atoms with Gasteiger partial charge >= 0.3 is 0 Å². The molecule has 0 spiro atoms. The Balaban J connectivity index is 0.664. The van der Waals surface area contributed by atoms with Crippen LogP contribution in [0.25, 0.3) is 171 Å². The molecule has 20 aromatic rings. The maximum absolute atomic E-state index is 4.97. The standard InChI is InChI=1S/C96H62N6S/c1-5-17-63(18-6-1)65-37-47-79(48-38-65)101-88-27-15-13-25-82(88)84-53-43-74(61-93(84)101)69-33-29-67(30-34-69)72-45-56-90-86(59-72)87-60-73(68-31-35-70(36-32-68)75-44-54-85-83-26-14-16-28-89(83)102(94(85)62-75)80-49-39-66(40-50-80)64-19-7-2-8-20-64)46-57-91(87)100(90)78-51-41-71(42-52-78)81-55-58-92(96-95(81)97-103-98-96)99(76-21-9-3-10-22-76)77-23-11-4-12-24-77/h1-62H. The summed E-state index contributed by atoms with van der Waals surface area (Å²) in [7, 11) is 0. The number of hydrogen-bond acceptors (Lipinski definition) is 4. The van der Waals surface area contributed by atoms with E-state index in [1.165, 1.54) is 99.5 Å². The van der Waals surface area contributed by atoms with E-state index < -0.39 is 0 Å². The highest BCUT2D eigenvalue weighted by Crippen LogP contribution is 2.45. The van der Waals surface area contributed by atoms with Crippen molar-refractivity contribution in [1.29, 1.82) is 0 Å². The Hall–Kier alpha value is -13.5. The summed E-state index contributed by atoms with van der Waals surface area (Å²) in [5.74, 6) is 0. The molecule has 6 nitrogen and oxygen atoms in total. The molecule has 0 bridgehead atoms. The van der Waals surface area contributed by atoms with Crippen LogP contribution in [-0.4, -0.2) is 22.4 Å². The number of benzene rings is 16. The van der Waals surface area contributed by atoms with E-state index in [0.29, 0.717) is 0 Å². The maximum Gasteiger partial charge on any atom is 0.129 e. The van der Waals surface area contributed by atoms with E-state index in [-0.39, 0.29) is 0 Å². The first-order chi connectivity index (χ1) is 51.1. The van der Waals surface area contributed by atoms with Crippen molar-refractivity contribution < 1.29 is 0 Å². The lowest BCUT2D eigenvalue weighted by molar-refractivity contribution is 1.18. The van der Waals surface area contributed by atoms with Gasteiger partial charge in [0.05, 0.1) is 50.5 Å². The molecule has 4 aromatic heterocycles. The van der Waals surface area contributed by atoms with Gasteiger partial charge in [0, 0.05) is 66.3 Å². The van der Waals surface area contributed by atoms with Crippen molar-refractivity contribution in [2.24, 2.45) is 0 Å². The minimum Gasteiger partial charge on any atom is -0.309 e. The van der Waals surface area contributed by atoms with Gasteiger partial charge < -0.3 is 18.6 Å². The summed E-state index contributed by atoms with van der Waals surface area (Å²) in [6, 6.07) is 137. The molecule has 20 rings (SSSR count). The van der Waals surface area contributed by atoms with E-state index in [9.17, 15) is 0 Å². The lowest BCUT2D eigenvalue weighted by Crippen LogP contribution is -2.10. The predicted molar refractivity (Wildman–Crippen MR) is 433 cm³/mol. The highest BCUT2D eigenvalue weighted by atomic mass is 32.1. The van der Waals surface area contributed by atoms with Crippen molar-refractivity contribution in [3.63, 3.8) is 0 Å². The zero-order valence-corrected chi connectivity index (χ0v) is 56.7. The SMILES string of the molecule is c1ccc(-c2ccc(-n3c4ccccc4c4ccc(-c5ccc(-c6ccc7c(c6)c6cc(-c8ccc(-c9ccc%10c%11ccccc%11n(-c%11ccc(-c%12ccccc%12)cc%11)c%10c9)cc8)ccc6n7-c6ccc(-c7ccc(N(c8ccccc8)c8ccccc8)c8nsnc78)cc6)cc5)cc43)cc2)cc1. The minimum atomic E-state index is 0.864. The van der Waals surface area contributed by atoms with Crippen LogP contribution in [-0.2, 0) is 0 Å². The topological polar surface area (TPSA) is 43.8 Å². The highest BCUT2D eigenvalue weighted by Gasteiger charge is 2.23. The second kappa shape index (κ2) is 24.8. The third-order valence-electron chi connectivity index (χ3n) is 20.8. The van der Waals surface area contributed by atoms with Crippen LogP contribution < -0.4 is 4.90 Å². The van der Waals surface area contributed by atoms with Crippen molar-refractivity contribution in [2.75, 3.05) is 4.90 Å². The number of anilines is 3. The van der Waals surface area contributed by atoms with E-state index in [1.54, 1.807) is 0 Å². The van der Waals surface area contributed by atoms with Gasteiger partial charge in [-0.3, -0.25) is 0 Å². The largest absolute Gasteiger partial charge is 0.309 e. The molecule has 0 atom stereocenters. The van der Waals surface area contributed by atoms with Gasteiger partial charge in [0.25, 0.3) is 0 Å². The number of rotatable bonds is 13. The Morgan fingerprint density at radius 2 is 0.505 bits per heavy atom. The van der Waals surface area contributed by atoms with Gasteiger partial charge in [0.1, 0.15) is 11.0 Å². The van der Waals surface area contributed by atoms with Crippen LogP contribution in [0.4, 0.5) is 17.1 Å². The summed E-state index contributed by atoms with van der Waals surface area (Å²) < 4.78 is 17.2. The van der Waals surface area contributed by atoms with Gasteiger partial charge in [0.15, 0.2) is 0 Å². The molecule has 0 fully saturated rings. The third kappa shape index (κ3) is 10.3. The van der Waals surface area contributed by atoms with Crippen molar-refractivity contribution >= 4 is 105 Å². The van der Waals surface area contributed by atoms with Crippen LogP contribution in [0.15, 0.2) is 376 Å². The summed E-state index contributed by atoms with van der Waals surface area (Å²) in [5, 5.41) is 7.31. The van der Waals surface area contributed by atoms with E-state index in [2.05, 4.69) is 395 Å². The normalized spacial score (nSPS) is 11.7. The zero-order chi connectivity index (χ0) is 67.9. The first-order valence-electron chi connectivity index (χ1n) is 35.0. The number of aromatic nitrogens is 5. The average Bonchev–Trinajstić information content (AvgIpc) is 1.62. The Labute approximate surface area is 599 Å². The molecule has 4 heterocycles. The number of hydrogen-bond donors (Lipinski definition) is 0. The molecule has 16 aromatic carbocycles. The Morgan fingerprint density at radius 3 is 0.942 bits per heavy atom. The number of fused-ring (bicyclic) bond motifs is 10. The Kier molecular flexibility index (Phi) is 14.3. The van der Waals surface area contributed by atoms with E-state index in [1.807, 2.05) is 0 Å². The predicted octanol–water partition coefficient (Wildman–Crippen LogP) is 26.1. The van der Waals surface area contributed by atoms with Crippen LogP contribution in [0.2, 0.25) is 0 Å². The van der Waals surface area contributed by atoms with Crippen LogP contribution in [0, 0.1) is 0 Å². The Morgan fingerprint density at radius 1 is 0.204 bits per heavy atom. The monoisotopic (exact) mass is 1330 g/mol. The molecule has 0 aliphatic heterocycles. The second-order valence-corrected chi connectivity index (χ2v) is 27.1. The summed E-state index contributed by atoms with van der Waals surface area (Å²) >= 11 is 1.25. The molecule has 482 valence electrons. The summed E-state index contributed by atoms with van der Waals surface area (Å²) in [6.07, 6.45) is 0. The van der Waals surface area contributed by atoms with Gasteiger partial charge in [-0.25, -0.2) is 0 Å². The molecule has 0 radical (unpaired) electrons. The maximum atomic E-state index is 4.97. The summed E-state index contributed by atoms with van der Waals surface area (Å²) in [6.45, 7) is 0. The van der Waals surface area contributed by atoms with Crippen LogP contribution >= 0.6 is 11.7 Å². The number of para-hydroxylation sites is 4. The fourth-order valence-electron chi connectivity index (χ4n) is 15.7. The second-order valence-electron chi connectivity index (χ2n) is 26.6. The van der Waals surface area contributed by atoms with E-state index >= 15 is 0 Å². The molecule has 103 heavy (non-hydrogen) atoms. The highest BCUT2D eigenvalue weighted by molar-refractivity contribution is 7.00. The lowest BCUT2D eigenvalue weighted by Gasteiger charge is -2.25. The molecule has 0 unspecified atom stereocenters. The van der Waals surface area contributed by atoms with Crippen LogP contribution in [0.1, 0.15) is 0 Å². The molecule has 0 amide bonds.